The van der Waals surface area contributed by atoms with Crippen molar-refractivity contribution in [1.82, 2.24) is 25.3 Å². The molecule has 58 heavy (non-hydrogen) atoms. The number of carbonyl (C=O) groups excluding carboxylic acids is 1. The lowest BCUT2D eigenvalue weighted by molar-refractivity contribution is -0.385. The Hall–Kier alpha value is -5.57. The molecule has 1 saturated carbocycles. The maximum absolute atomic E-state index is 15.7. The number of halogens is 2. The summed E-state index contributed by atoms with van der Waals surface area (Å²) in [6, 6.07) is 17.9. The average Bonchev–Trinajstić information content (AvgIpc) is 3.83. The number of carbonyl (C=O) groups is 2. The number of aromatic nitrogens is 2. The molecule has 5 aromatic rings. The summed E-state index contributed by atoms with van der Waals surface area (Å²) >= 11 is 7.13. The molecule has 4 aromatic carbocycles. The van der Waals surface area contributed by atoms with Gasteiger partial charge in [-0.15, -0.1) is 0 Å². The van der Waals surface area contributed by atoms with Gasteiger partial charge in [0.15, 0.2) is 0 Å². The summed E-state index contributed by atoms with van der Waals surface area (Å²) in [5.74, 6) is -0.633. The highest BCUT2D eigenvalue weighted by Gasteiger charge is 2.29. The molecule has 3 N–H and O–H groups in total. The zero-order chi connectivity index (χ0) is 41.1. The van der Waals surface area contributed by atoms with E-state index in [1.807, 2.05) is 43.4 Å². The molecule has 1 amide bonds. The number of methoxy groups -OCH3 is 2. The van der Waals surface area contributed by atoms with Crippen molar-refractivity contribution in [2.24, 2.45) is 5.92 Å². The van der Waals surface area contributed by atoms with Crippen LogP contribution in [0.4, 0.5) is 10.1 Å². The Morgan fingerprint density at radius 3 is 2.45 bits per heavy atom. The van der Waals surface area contributed by atoms with Gasteiger partial charge in [0.25, 0.3) is 5.69 Å². The second-order valence-corrected chi connectivity index (χ2v) is 15.5. The molecule has 0 radical (unpaired) electrons. The van der Waals surface area contributed by atoms with Crippen LogP contribution in [-0.2, 0) is 29.2 Å². The van der Waals surface area contributed by atoms with E-state index in [1.165, 1.54) is 20.3 Å². The predicted molar refractivity (Wildman–Crippen MR) is 219 cm³/mol. The standard InChI is InChI=1S/C43H46ClFN6O7/c1-49(30-13-10-25(11-14-30)43(53)54)23-28-17-38(51(55)56)27(19-39(28)57-2)24-50-37-9-5-7-32(34(37)22-47-50)33-8-4-6-31(42(33)44)26-16-36(45)35(40(18-26)58-3)21-46-20-29-12-15-41(52)48-29/h4-9,16-19,22,25,29-30,46H,10-15,20-21,23-24H2,1-3H3,(H,48,52)(H,53,54)/t25-,29-,30-/m0/s1. The maximum atomic E-state index is 15.7. The Labute approximate surface area is 340 Å². The van der Waals surface area contributed by atoms with Crippen LogP contribution in [0.2, 0.25) is 5.02 Å². The van der Waals surface area contributed by atoms with Crippen molar-refractivity contribution in [3.05, 3.63) is 105 Å². The zero-order valence-corrected chi connectivity index (χ0v) is 33.4. The lowest BCUT2D eigenvalue weighted by Gasteiger charge is -2.33. The summed E-state index contributed by atoms with van der Waals surface area (Å²) in [5, 5.41) is 33.8. The lowest BCUT2D eigenvalue weighted by Crippen LogP contribution is -2.36. The number of fused-ring (bicyclic) bond motifs is 1. The molecule has 1 aliphatic heterocycles. The number of rotatable bonds is 15. The van der Waals surface area contributed by atoms with Gasteiger partial charge >= 0.3 is 5.97 Å². The van der Waals surface area contributed by atoms with Gasteiger partial charge in [0.05, 0.1) is 53.9 Å². The number of hydrogen-bond donors (Lipinski definition) is 3. The molecule has 2 fully saturated rings. The minimum atomic E-state index is -0.761. The molecule has 2 aliphatic rings. The van der Waals surface area contributed by atoms with Crippen LogP contribution in [0.5, 0.6) is 11.5 Å². The minimum absolute atomic E-state index is 0.0102. The van der Waals surface area contributed by atoms with E-state index in [4.69, 9.17) is 21.1 Å². The summed E-state index contributed by atoms with van der Waals surface area (Å²) < 4.78 is 28.8. The van der Waals surface area contributed by atoms with Gasteiger partial charge in [-0.1, -0.05) is 41.9 Å². The normalized spacial score (nSPS) is 18.1. The van der Waals surface area contributed by atoms with E-state index in [2.05, 4.69) is 20.6 Å². The molecule has 0 unspecified atom stereocenters. The maximum Gasteiger partial charge on any atom is 0.306 e. The van der Waals surface area contributed by atoms with Crippen molar-refractivity contribution < 1.29 is 33.5 Å². The number of nitro benzene ring substituents is 1. The fraction of sp³-hybridized carbons (Fsp3) is 0.372. The monoisotopic (exact) mass is 812 g/mol. The van der Waals surface area contributed by atoms with E-state index in [9.17, 15) is 24.8 Å². The van der Waals surface area contributed by atoms with E-state index in [-0.39, 0.29) is 42.7 Å². The first-order chi connectivity index (χ1) is 27.9. The van der Waals surface area contributed by atoms with Gasteiger partial charge in [0.2, 0.25) is 5.91 Å². The van der Waals surface area contributed by atoms with Gasteiger partial charge in [-0.2, -0.15) is 5.10 Å². The van der Waals surface area contributed by atoms with Gasteiger partial charge in [0, 0.05) is 71.8 Å². The number of nitrogens with one attached hydrogen (secondary N) is 2. The van der Waals surface area contributed by atoms with Crippen molar-refractivity contribution in [2.45, 2.75) is 70.2 Å². The number of nitrogens with zero attached hydrogens (tertiary/aromatic N) is 4. The van der Waals surface area contributed by atoms with Gasteiger partial charge in [-0.3, -0.25) is 29.3 Å². The van der Waals surface area contributed by atoms with E-state index < -0.39 is 16.7 Å². The zero-order valence-electron chi connectivity index (χ0n) is 32.6. The molecule has 304 valence electrons. The first-order valence-corrected chi connectivity index (χ1v) is 19.7. The molecular weight excluding hydrogens is 767 g/mol. The smallest absolute Gasteiger partial charge is 0.306 e. The third-order valence-electron chi connectivity index (χ3n) is 11.5. The number of benzene rings is 4. The highest BCUT2D eigenvalue weighted by atomic mass is 35.5. The first-order valence-electron chi connectivity index (χ1n) is 19.3. The molecule has 1 atom stereocenters. The Bertz CT molecular complexity index is 2360. The van der Waals surface area contributed by atoms with Crippen molar-refractivity contribution in [1.29, 1.82) is 0 Å². The van der Waals surface area contributed by atoms with Crippen LogP contribution >= 0.6 is 11.6 Å². The largest absolute Gasteiger partial charge is 0.496 e. The number of aliphatic carboxylic acids is 1. The number of hydrogen-bond acceptors (Lipinski definition) is 9. The predicted octanol–water partition coefficient (Wildman–Crippen LogP) is 7.58. The molecule has 15 heteroatoms. The van der Waals surface area contributed by atoms with Crippen molar-refractivity contribution >= 4 is 40.1 Å². The van der Waals surface area contributed by atoms with E-state index in [0.717, 1.165) is 35.7 Å². The summed E-state index contributed by atoms with van der Waals surface area (Å²) in [4.78, 5) is 37.2. The van der Waals surface area contributed by atoms with Crippen LogP contribution in [0.1, 0.15) is 55.2 Å². The summed E-state index contributed by atoms with van der Waals surface area (Å²) in [7, 11) is 4.98. The number of ether oxygens (including phenoxy) is 2. The van der Waals surface area contributed by atoms with Gasteiger partial charge in [0.1, 0.15) is 17.3 Å². The fourth-order valence-electron chi connectivity index (χ4n) is 8.34. The van der Waals surface area contributed by atoms with Gasteiger partial charge in [-0.05, 0) is 74.5 Å². The Kier molecular flexibility index (Phi) is 12.3. The number of nitro groups is 1. The topological polar surface area (TPSA) is 161 Å². The number of carboxylic acid groups (broad SMARTS) is 1. The van der Waals surface area contributed by atoms with Crippen LogP contribution in [0.15, 0.2) is 66.9 Å². The molecule has 1 aromatic heterocycles. The van der Waals surface area contributed by atoms with Crippen molar-refractivity contribution in [2.75, 3.05) is 27.8 Å². The molecule has 0 bridgehead atoms. The van der Waals surface area contributed by atoms with Crippen LogP contribution in [0, 0.1) is 21.8 Å². The fourth-order valence-corrected chi connectivity index (χ4v) is 8.67. The molecule has 7 rings (SSSR count). The average molecular weight is 813 g/mol. The van der Waals surface area contributed by atoms with Crippen LogP contribution in [-0.4, -0.2) is 76.5 Å². The Morgan fingerprint density at radius 1 is 1.03 bits per heavy atom. The first kappa shape index (κ1) is 40.6. The highest BCUT2D eigenvalue weighted by Crippen LogP contribution is 2.41. The molecular formula is C43H46ClFN6O7. The number of amides is 1. The second-order valence-electron chi connectivity index (χ2n) is 15.1. The molecule has 2 heterocycles. The third-order valence-corrected chi connectivity index (χ3v) is 11.9. The molecule has 0 spiro atoms. The van der Waals surface area contributed by atoms with E-state index in [1.54, 1.807) is 29.1 Å². The van der Waals surface area contributed by atoms with Gasteiger partial charge in [-0.25, -0.2) is 4.39 Å². The van der Waals surface area contributed by atoms with E-state index >= 15 is 4.39 Å². The van der Waals surface area contributed by atoms with Crippen LogP contribution < -0.4 is 20.1 Å². The minimum Gasteiger partial charge on any atom is -0.496 e. The van der Waals surface area contributed by atoms with Gasteiger partial charge < -0.3 is 25.2 Å². The summed E-state index contributed by atoms with van der Waals surface area (Å²) in [5.41, 5.74) is 4.77. The van der Waals surface area contributed by atoms with E-state index in [0.29, 0.717) is 82.3 Å². The summed E-state index contributed by atoms with van der Waals surface area (Å²) in [6.07, 6.45) is 5.62. The molecule has 13 nitrogen and oxygen atoms in total. The molecule has 1 saturated heterocycles. The quantitative estimate of drug-likeness (QED) is 0.0710. The second kappa shape index (κ2) is 17.5. The lowest BCUT2D eigenvalue weighted by atomic mass is 9.85. The third kappa shape index (κ3) is 8.50. The van der Waals surface area contributed by atoms with Crippen LogP contribution in [0.3, 0.4) is 0 Å². The Balaban J connectivity index is 1.13. The van der Waals surface area contributed by atoms with Crippen molar-refractivity contribution in [3.8, 4) is 33.8 Å². The Morgan fingerprint density at radius 2 is 1.76 bits per heavy atom. The van der Waals surface area contributed by atoms with Crippen LogP contribution in [0.25, 0.3) is 33.2 Å². The van der Waals surface area contributed by atoms with Crippen molar-refractivity contribution in [3.63, 3.8) is 0 Å². The summed E-state index contributed by atoms with van der Waals surface area (Å²) in [6.45, 7) is 1.24. The SMILES string of the molecule is COc1cc(Cn2ncc3c(-c4cccc(-c5cc(F)c(CNC[C@@H]6CCC(=O)N6)c(OC)c5)c4Cl)cccc32)c([N+](=O)[O-])cc1CN(C)[C@H]1CC[C@H](C(=O)O)CC1. The highest BCUT2D eigenvalue weighted by molar-refractivity contribution is 6.36. The molecule has 1 aliphatic carbocycles. The number of carboxylic acids is 1.